The quantitative estimate of drug-likeness (QED) is 0.0169. The number of hydrogen-bond donors (Lipinski definition) is 3. The van der Waals surface area contributed by atoms with Gasteiger partial charge in [0.05, 0.1) is 26.4 Å². The molecule has 0 aromatic heterocycles. The minimum atomic E-state index is -4.97. The van der Waals surface area contributed by atoms with E-state index in [1.165, 1.54) is 250 Å². The van der Waals surface area contributed by atoms with Crippen LogP contribution in [0.15, 0.2) is 24.3 Å². The third kappa shape index (κ3) is 80.2. The van der Waals surface area contributed by atoms with Crippen molar-refractivity contribution in [1.82, 2.24) is 0 Å². The number of aliphatic hydroxyl groups is 1. The Hall–Kier alpha value is -2.46. The molecule has 638 valence electrons. The van der Waals surface area contributed by atoms with Gasteiger partial charge in [0.15, 0.2) is 12.2 Å². The number of carbonyl (C=O) groups is 4. The first-order chi connectivity index (χ1) is 52.4. The maximum atomic E-state index is 13.2. The van der Waals surface area contributed by atoms with Gasteiger partial charge in [0, 0.05) is 25.7 Å². The lowest BCUT2D eigenvalue weighted by molar-refractivity contribution is -0.161. The summed E-state index contributed by atoms with van der Waals surface area (Å²) in [5.74, 6) is -0.583. The predicted octanol–water partition coefficient (Wildman–Crippen LogP) is 27.0. The fraction of sp³-hybridized carbons (Fsp3) is 0.910. The van der Waals surface area contributed by atoms with Gasteiger partial charge in [-0.05, 0) is 63.2 Å². The van der Waals surface area contributed by atoms with Gasteiger partial charge in [0.2, 0.25) is 0 Å². The number of allylic oxidation sites excluding steroid dienone is 4. The van der Waals surface area contributed by atoms with Gasteiger partial charge in [-0.15, -0.1) is 0 Å². The Morgan fingerprint density at radius 3 is 0.833 bits per heavy atom. The van der Waals surface area contributed by atoms with E-state index in [1.54, 1.807) is 0 Å². The molecule has 0 radical (unpaired) electrons. The highest BCUT2D eigenvalue weighted by Crippen LogP contribution is 2.45. The lowest BCUT2D eigenvalue weighted by atomic mass is 10.00. The van der Waals surface area contributed by atoms with Crippen molar-refractivity contribution in [2.75, 3.05) is 39.6 Å². The average molecular weight is 1570 g/mol. The number of esters is 4. The minimum absolute atomic E-state index is 0.0845. The van der Waals surface area contributed by atoms with Crippen molar-refractivity contribution in [2.45, 2.75) is 471 Å². The largest absolute Gasteiger partial charge is 0.472 e. The Morgan fingerprint density at radius 2 is 0.546 bits per heavy atom. The molecule has 0 bridgehead atoms. The van der Waals surface area contributed by atoms with E-state index in [2.05, 4.69) is 65.8 Å². The summed E-state index contributed by atoms with van der Waals surface area (Å²) in [6.45, 7) is 9.60. The smallest absolute Gasteiger partial charge is 0.462 e. The van der Waals surface area contributed by atoms with E-state index in [9.17, 15) is 43.2 Å². The fourth-order valence-electron chi connectivity index (χ4n) is 13.4. The van der Waals surface area contributed by atoms with Gasteiger partial charge in [0.25, 0.3) is 0 Å². The van der Waals surface area contributed by atoms with Crippen molar-refractivity contribution in [1.29, 1.82) is 0 Å². The van der Waals surface area contributed by atoms with Crippen LogP contribution in [0.25, 0.3) is 0 Å². The van der Waals surface area contributed by atoms with Crippen LogP contribution in [-0.4, -0.2) is 96.7 Å². The number of unbranched alkanes of at least 4 members (excludes halogenated alkanes) is 52. The summed E-state index contributed by atoms with van der Waals surface area (Å²) in [5, 5.41) is 10.7. The van der Waals surface area contributed by atoms with Gasteiger partial charge >= 0.3 is 39.5 Å². The van der Waals surface area contributed by atoms with Crippen LogP contribution >= 0.6 is 15.6 Å². The number of rotatable bonds is 86. The van der Waals surface area contributed by atoms with E-state index < -0.39 is 97.5 Å². The molecule has 17 nitrogen and oxygen atoms in total. The van der Waals surface area contributed by atoms with Crippen LogP contribution in [0.2, 0.25) is 0 Å². The van der Waals surface area contributed by atoms with E-state index >= 15 is 0 Å². The van der Waals surface area contributed by atoms with Crippen molar-refractivity contribution in [3.05, 3.63) is 24.3 Å². The molecule has 0 amide bonds. The summed E-state index contributed by atoms with van der Waals surface area (Å²) in [6.07, 6.45) is 76.1. The average Bonchev–Trinajstić information content (AvgIpc) is 0.898. The van der Waals surface area contributed by atoms with Crippen LogP contribution in [0, 0.1) is 11.8 Å². The molecule has 3 unspecified atom stereocenters. The summed E-state index contributed by atoms with van der Waals surface area (Å²) >= 11 is 0. The number of aliphatic hydroxyl groups excluding tert-OH is 1. The molecule has 0 aromatic carbocycles. The second kappa shape index (κ2) is 79.8. The van der Waals surface area contributed by atoms with Crippen LogP contribution in [0.4, 0.5) is 0 Å². The van der Waals surface area contributed by atoms with Crippen LogP contribution in [-0.2, 0) is 65.4 Å². The van der Waals surface area contributed by atoms with Crippen molar-refractivity contribution >= 4 is 39.5 Å². The lowest BCUT2D eigenvalue weighted by Gasteiger charge is -2.21. The molecule has 0 saturated carbocycles. The number of phosphoric acid groups is 2. The molecule has 0 aromatic rings. The standard InChI is InChI=1S/C89H170O17P2/c1-7-10-12-14-16-18-20-22-24-25-26-27-28-29-34-38-42-46-50-54-62-68-73-88(93)105-84(77-99-86(91)71-65-59-52-48-44-40-37-33-31-30-32-36-39-43-47-51-57-63-69-81(4)5)79-103-107(95,96)101-75-83(90)76-102-108(97,98)104-80-85(78-100-87(92)72-66-60-56-55-58-64-70-82(6)9-3)106-89(94)74-67-61-53-49-45-41-35-23-21-19-17-15-13-11-8-2/h19,21,23,35,81-85,90H,7-18,20,22,24-34,36-80H2,1-6H3,(H,95,96)(H,97,98)/b21-19-,35-23-/t82?,83-,84-,85-/m1/s1. The van der Waals surface area contributed by atoms with E-state index in [1.807, 2.05) is 0 Å². The molecule has 0 saturated heterocycles. The molecular formula is C89H170O17P2. The molecule has 6 atom stereocenters. The van der Waals surface area contributed by atoms with Crippen LogP contribution in [0.5, 0.6) is 0 Å². The normalized spacial score (nSPS) is 14.2. The number of carbonyl (C=O) groups excluding carboxylic acids is 4. The molecule has 0 aliphatic rings. The zero-order valence-electron chi connectivity index (χ0n) is 70.6. The van der Waals surface area contributed by atoms with Crippen LogP contribution in [0.1, 0.15) is 452 Å². The Bertz CT molecular complexity index is 2160. The molecule has 0 spiro atoms. The highest BCUT2D eigenvalue weighted by Gasteiger charge is 2.30. The van der Waals surface area contributed by atoms with Gasteiger partial charge < -0.3 is 33.8 Å². The summed E-state index contributed by atoms with van der Waals surface area (Å²) in [6, 6.07) is 0. The molecule has 0 rings (SSSR count). The van der Waals surface area contributed by atoms with Gasteiger partial charge in [-0.25, -0.2) is 9.13 Å². The Balaban J connectivity index is 5.24. The molecule has 0 fully saturated rings. The maximum Gasteiger partial charge on any atom is 0.472 e. The second-order valence-electron chi connectivity index (χ2n) is 32.0. The number of hydrogen-bond acceptors (Lipinski definition) is 15. The number of phosphoric ester groups is 2. The van der Waals surface area contributed by atoms with Crippen molar-refractivity contribution < 1.29 is 80.2 Å². The zero-order valence-corrected chi connectivity index (χ0v) is 72.4. The molecule has 0 heterocycles. The molecule has 0 aliphatic carbocycles. The van der Waals surface area contributed by atoms with Crippen LogP contribution < -0.4 is 0 Å². The predicted molar refractivity (Wildman–Crippen MR) is 446 cm³/mol. The summed E-state index contributed by atoms with van der Waals surface area (Å²) < 4.78 is 68.9. The zero-order chi connectivity index (χ0) is 79.2. The number of ether oxygens (including phenoxy) is 4. The van der Waals surface area contributed by atoms with Gasteiger partial charge in [-0.3, -0.25) is 37.3 Å². The summed E-state index contributed by atoms with van der Waals surface area (Å²) in [7, 11) is -9.94. The van der Waals surface area contributed by atoms with E-state index in [-0.39, 0.29) is 25.7 Å². The third-order valence-electron chi connectivity index (χ3n) is 20.7. The molecule has 108 heavy (non-hydrogen) atoms. The highest BCUT2D eigenvalue weighted by atomic mass is 31.2. The van der Waals surface area contributed by atoms with Gasteiger partial charge in [0.1, 0.15) is 19.3 Å². The second-order valence-corrected chi connectivity index (χ2v) is 34.9. The Morgan fingerprint density at radius 1 is 0.306 bits per heavy atom. The fourth-order valence-corrected chi connectivity index (χ4v) is 15.0. The third-order valence-corrected chi connectivity index (χ3v) is 22.6. The van der Waals surface area contributed by atoms with Crippen molar-refractivity contribution in [2.24, 2.45) is 11.8 Å². The Labute approximate surface area is 663 Å². The molecule has 19 heteroatoms. The summed E-state index contributed by atoms with van der Waals surface area (Å²) in [4.78, 5) is 73.2. The van der Waals surface area contributed by atoms with Gasteiger partial charge in [-0.2, -0.15) is 0 Å². The van der Waals surface area contributed by atoms with Crippen LogP contribution in [0.3, 0.4) is 0 Å². The molecule has 0 aliphatic heterocycles. The minimum Gasteiger partial charge on any atom is -0.462 e. The first kappa shape index (κ1) is 106. The maximum absolute atomic E-state index is 13.2. The first-order valence-corrected chi connectivity index (χ1v) is 48.3. The van der Waals surface area contributed by atoms with E-state index in [0.29, 0.717) is 25.7 Å². The topological polar surface area (TPSA) is 237 Å². The Kier molecular flexibility index (Phi) is 77.9. The van der Waals surface area contributed by atoms with Crippen molar-refractivity contribution in [3.8, 4) is 0 Å². The molecule has 3 N–H and O–H groups in total. The monoisotopic (exact) mass is 1570 g/mol. The van der Waals surface area contributed by atoms with E-state index in [0.717, 1.165) is 121 Å². The van der Waals surface area contributed by atoms with Crippen molar-refractivity contribution in [3.63, 3.8) is 0 Å². The SMILES string of the molecule is CCCCCC/C=C\C=C/CCCCCCCC(=O)O[C@H](COC(=O)CCCCCCCCC(C)CC)COP(=O)(O)OC[C@H](O)COP(=O)(O)OC[C@@H](COC(=O)CCCCCCCCCCCCCCCCCCCCC(C)C)OC(=O)CCCCCCCCCCCCCCCCCCCCCCCC. The first-order valence-electron chi connectivity index (χ1n) is 45.3. The van der Waals surface area contributed by atoms with E-state index in [4.69, 9.17) is 37.0 Å². The van der Waals surface area contributed by atoms with Gasteiger partial charge in [-0.1, -0.05) is 400 Å². The summed E-state index contributed by atoms with van der Waals surface area (Å²) in [5.41, 5.74) is 0. The highest BCUT2D eigenvalue weighted by molar-refractivity contribution is 7.47. The lowest BCUT2D eigenvalue weighted by Crippen LogP contribution is -2.30. The molecular weight excluding hydrogens is 1400 g/mol.